The second kappa shape index (κ2) is 8.47. The third-order valence-electron chi connectivity index (χ3n) is 3.51. The molecule has 20 heavy (non-hydrogen) atoms. The van der Waals surface area contributed by atoms with E-state index in [-0.39, 0.29) is 17.5 Å². The van der Waals surface area contributed by atoms with Gasteiger partial charge in [-0.1, -0.05) is 20.8 Å². The van der Waals surface area contributed by atoms with Gasteiger partial charge in [-0.05, 0) is 31.9 Å². The smallest absolute Gasteiger partial charge is 0.150 e. The van der Waals surface area contributed by atoms with Crippen molar-refractivity contribution in [1.29, 1.82) is 0 Å². The van der Waals surface area contributed by atoms with Crippen LogP contribution >= 0.6 is 0 Å². The fourth-order valence-corrected chi connectivity index (χ4v) is 3.18. The first-order chi connectivity index (χ1) is 9.54. The number of aryl methyl sites for hydroxylation is 1. The lowest BCUT2D eigenvalue weighted by Gasteiger charge is -2.18. The molecule has 0 saturated carbocycles. The first-order valence-electron chi connectivity index (χ1n) is 7.54. The molecule has 4 nitrogen and oxygen atoms in total. The highest BCUT2D eigenvalue weighted by molar-refractivity contribution is 7.91. The van der Waals surface area contributed by atoms with Crippen LogP contribution in [-0.4, -0.2) is 26.5 Å². The molecule has 0 aromatic carbocycles. The summed E-state index contributed by atoms with van der Waals surface area (Å²) in [4.78, 5) is 0. The monoisotopic (exact) mass is 301 g/mol. The molecule has 1 aromatic rings. The molecule has 1 N–H and O–H groups in total. The summed E-state index contributed by atoms with van der Waals surface area (Å²) in [6.45, 7) is 6.83. The van der Waals surface area contributed by atoms with Crippen LogP contribution in [-0.2, 0) is 16.3 Å². The van der Waals surface area contributed by atoms with E-state index in [2.05, 4.69) is 19.2 Å². The molecule has 116 valence electrons. The Morgan fingerprint density at radius 2 is 2.05 bits per heavy atom. The Bertz CT molecular complexity index is 479. The summed E-state index contributed by atoms with van der Waals surface area (Å²) in [7, 11) is -2.87. The highest BCUT2D eigenvalue weighted by Gasteiger charge is 2.17. The zero-order valence-corrected chi connectivity index (χ0v) is 13.6. The van der Waals surface area contributed by atoms with Gasteiger partial charge in [0.25, 0.3) is 0 Å². The van der Waals surface area contributed by atoms with Crippen molar-refractivity contribution in [2.75, 3.05) is 18.1 Å². The molecule has 1 rings (SSSR count). The van der Waals surface area contributed by atoms with Crippen LogP contribution in [0.3, 0.4) is 0 Å². The molecule has 0 radical (unpaired) electrons. The van der Waals surface area contributed by atoms with Gasteiger partial charge in [-0.2, -0.15) is 0 Å². The molecular formula is C15H27NO3S. The summed E-state index contributed by atoms with van der Waals surface area (Å²) >= 11 is 0. The Morgan fingerprint density at radius 3 is 2.65 bits per heavy atom. The molecule has 0 bridgehead atoms. The first-order valence-corrected chi connectivity index (χ1v) is 9.36. The van der Waals surface area contributed by atoms with Crippen LogP contribution in [0.25, 0.3) is 0 Å². The quantitative estimate of drug-likeness (QED) is 0.721. The van der Waals surface area contributed by atoms with Gasteiger partial charge >= 0.3 is 0 Å². The lowest BCUT2D eigenvalue weighted by atomic mass is 10.0. The molecule has 0 saturated heterocycles. The van der Waals surface area contributed by atoms with Gasteiger partial charge in [-0.15, -0.1) is 0 Å². The van der Waals surface area contributed by atoms with Crippen molar-refractivity contribution in [2.45, 2.75) is 52.5 Å². The Labute approximate surface area is 122 Å². The van der Waals surface area contributed by atoms with Crippen LogP contribution in [0.5, 0.6) is 0 Å². The molecule has 1 aromatic heterocycles. The molecule has 5 heteroatoms. The molecule has 0 amide bonds. The highest BCUT2D eigenvalue weighted by atomic mass is 32.2. The van der Waals surface area contributed by atoms with Crippen molar-refractivity contribution in [2.24, 2.45) is 0 Å². The van der Waals surface area contributed by atoms with E-state index < -0.39 is 9.84 Å². The molecule has 1 unspecified atom stereocenters. The summed E-state index contributed by atoms with van der Waals surface area (Å²) in [5.74, 6) is 1.50. The molecular weight excluding hydrogens is 274 g/mol. The summed E-state index contributed by atoms with van der Waals surface area (Å²) < 4.78 is 28.6. The summed E-state index contributed by atoms with van der Waals surface area (Å²) in [5.41, 5.74) is 1.18. The third-order valence-corrected chi connectivity index (χ3v) is 5.30. The van der Waals surface area contributed by atoms with Crippen LogP contribution in [0.15, 0.2) is 16.7 Å². The second-order valence-electron chi connectivity index (χ2n) is 5.04. The van der Waals surface area contributed by atoms with Crippen LogP contribution in [0.2, 0.25) is 0 Å². The third kappa shape index (κ3) is 5.29. The summed E-state index contributed by atoms with van der Waals surface area (Å²) in [6.07, 6.45) is 5.15. The van der Waals surface area contributed by atoms with Crippen LogP contribution in [0.1, 0.15) is 57.4 Å². The lowest BCUT2D eigenvalue weighted by molar-refractivity contribution is 0.464. The minimum absolute atomic E-state index is 0.190. The summed E-state index contributed by atoms with van der Waals surface area (Å²) in [5, 5.41) is 3.50. The van der Waals surface area contributed by atoms with Gasteiger partial charge in [0, 0.05) is 23.8 Å². The van der Waals surface area contributed by atoms with Gasteiger partial charge in [-0.25, -0.2) is 8.42 Å². The van der Waals surface area contributed by atoms with Crippen LogP contribution in [0, 0.1) is 0 Å². The molecule has 0 spiro atoms. The molecule has 0 fully saturated rings. The molecule has 1 atom stereocenters. The van der Waals surface area contributed by atoms with Crippen LogP contribution < -0.4 is 5.32 Å². The van der Waals surface area contributed by atoms with E-state index in [4.69, 9.17) is 4.42 Å². The van der Waals surface area contributed by atoms with E-state index >= 15 is 0 Å². The van der Waals surface area contributed by atoms with Gasteiger partial charge < -0.3 is 9.73 Å². The SMILES string of the molecule is CCCNC(CCCS(=O)(=O)CC)c1ccoc1CC. The number of furan rings is 1. The van der Waals surface area contributed by atoms with E-state index in [9.17, 15) is 8.42 Å². The van der Waals surface area contributed by atoms with Gasteiger partial charge in [0.05, 0.1) is 12.0 Å². The fourth-order valence-electron chi connectivity index (χ4n) is 2.29. The number of sulfone groups is 1. The largest absolute Gasteiger partial charge is 0.469 e. The maximum Gasteiger partial charge on any atom is 0.150 e. The topological polar surface area (TPSA) is 59.3 Å². The van der Waals surface area contributed by atoms with Crippen molar-refractivity contribution in [3.8, 4) is 0 Å². The maximum atomic E-state index is 11.6. The average Bonchev–Trinajstić information content (AvgIpc) is 2.90. The average molecular weight is 301 g/mol. The van der Waals surface area contributed by atoms with E-state index in [0.29, 0.717) is 6.42 Å². The number of hydrogen-bond donors (Lipinski definition) is 1. The van der Waals surface area contributed by atoms with Gasteiger partial charge in [0.1, 0.15) is 15.6 Å². The van der Waals surface area contributed by atoms with Crippen molar-refractivity contribution >= 4 is 9.84 Å². The van der Waals surface area contributed by atoms with Crippen molar-refractivity contribution in [3.05, 3.63) is 23.7 Å². The fraction of sp³-hybridized carbons (Fsp3) is 0.733. The zero-order chi connectivity index (χ0) is 15.0. The first kappa shape index (κ1) is 17.2. The number of hydrogen-bond acceptors (Lipinski definition) is 4. The maximum absolute atomic E-state index is 11.6. The Hall–Kier alpha value is -0.810. The van der Waals surface area contributed by atoms with E-state index in [0.717, 1.165) is 31.6 Å². The molecule has 0 aliphatic heterocycles. The molecule has 0 aliphatic rings. The lowest BCUT2D eigenvalue weighted by Crippen LogP contribution is -2.23. The number of rotatable bonds is 10. The van der Waals surface area contributed by atoms with Crippen molar-refractivity contribution in [1.82, 2.24) is 5.32 Å². The van der Waals surface area contributed by atoms with Gasteiger partial charge in [-0.3, -0.25) is 0 Å². The standard InChI is InChI=1S/C15H27NO3S/c1-4-10-16-14(8-7-12-20(17,18)6-3)13-9-11-19-15(13)5-2/h9,11,14,16H,4-8,10,12H2,1-3H3. The van der Waals surface area contributed by atoms with Crippen LogP contribution in [0.4, 0.5) is 0 Å². The molecule has 1 heterocycles. The predicted octanol–water partition coefficient (Wildman–Crippen LogP) is 3.10. The Morgan fingerprint density at radius 1 is 1.30 bits per heavy atom. The van der Waals surface area contributed by atoms with Crippen molar-refractivity contribution in [3.63, 3.8) is 0 Å². The predicted molar refractivity (Wildman–Crippen MR) is 82.7 cm³/mol. The zero-order valence-electron chi connectivity index (χ0n) is 12.8. The normalized spacial score (nSPS) is 13.6. The summed E-state index contributed by atoms with van der Waals surface area (Å²) in [6, 6.07) is 2.19. The highest BCUT2D eigenvalue weighted by Crippen LogP contribution is 2.24. The van der Waals surface area contributed by atoms with E-state index in [1.54, 1.807) is 13.2 Å². The van der Waals surface area contributed by atoms with E-state index in [1.807, 2.05) is 6.07 Å². The van der Waals surface area contributed by atoms with E-state index in [1.165, 1.54) is 5.56 Å². The Kier molecular flexibility index (Phi) is 7.30. The molecule has 0 aliphatic carbocycles. The second-order valence-corrected chi connectivity index (χ2v) is 7.51. The van der Waals surface area contributed by atoms with Crippen molar-refractivity contribution < 1.29 is 12.8 Å². The minimum atomic E-state index is -2.87. The van der Waals surface area contributed by atoms with Gasteiger partial charge in [0.2, 0.25) is 0 Å². The Balaban J connectivity index is 2.65. The van der Waals surface area contributed by atoms with Gasteiger partial charge in [0.15, 0.2) is 0 Å². The number of nitrogens with one attached hydrogen (secondary N) is 1. The minimum Gasteiger partial charge on any atom is -0.469 e.